The Morgan fingerprint density at radius 2 is 1.56 bits per heavy atom. The van der Waals surface area contributed by atoms with E-state index in [1.807, 2.05) is 0 Å². The average molecular weight is 253 g/mol. The van der Waals surface area contributed by atoms with Crippen LogP contribution in [0.5, 0.6) is 0 Å². The zero-order valence-corrected chi connectivity index (χ0v) is 10.5. The minimum absolute atomic E-state index is 0.107. The quantitative estimate of drug-likeness (QED) is 0.777. The summed E-state index contributed by atoms with van der Waals surface area (Å²) in [4.78, 5) is 36.6. The Kier molecular flexibility index (Phi) is 3.68. The van der Waals surface area contributed by atoms with Gasteiger partial charge in [0.25, 0.3) is 0 Å². The number of hydrogen-bond acceptors (Lipinski definition) is 3. The van der Waals surface area contributed by atoms with Crippen molar-refractivity contribution in [3.05, 3.63) is 0 Å². The zero-order chi connectivity index (χ0) is 13.2. The highest BCUT2D eigenvalue weighted by Crippen LogP contribution is 2.40. The van der Waals surface area contributed by atoms with E-state index in [1.165, 1.54) is 4.90 Å². The largest absolute Gasteiger partial charge is 0.481 e. The molecule has 0 atom stereocenters. The van der Waals surface area contributed by atoms with Gasteiger partial charge in [-0.15, -0.1) is 0 Å². The van der Waals surface area contributed by atoms with Gasteiger partial charge in [0.2, 0.25) is 11.8 Å². The van der Waals surface area contributed by atoms with Crippen molar-refractivity contribution < 1.29 is 19.5 Å². The van der Waals surface area contributed by atoms with Gasteiger partial charge in [0, 0.05) is 12.8 Å². The lowest BCUT2D eigenvalue weighted by atomic mass is 9.90. The molecule has 18 heavy (non-hydrogen) atoms. The summed E-state index contributed by atoms with van der Waals surface area (Å²) in [6.45, 7) is 0. The fourth-order valence-electron chi connectivity index (χ4n) is 3.24. The van der Waals surface area contributed by atoms with Crippen LogP contribution in [0.2, 0.25) is 0 Å². The molecule has 1 heterocycles. The van der Waals surface area contributed by atoms with E-state index in [0.29, 0.717) is 25.7 Å². The molecule has 0 bridgehead atoms. The van der Waals surface area contributed by atoms with Gasteiger partial charge < -0.3 is 5.11 Å². The molecule has 5 nitrogen and oxygen atoms in total. The second-order valence-electron chi connectivity index (χ2n) is 5.33. The van der Waals surface area contributed by atoms with E-state index >= 15 is 0 Å². The zero-order valence-electron chi connectivity index (χ0n) is 10.5. The molecular weight excluding hydrogens is 234 g/mol. The first kappa shape index (κ1) is 13.1. The van der Waals surface area contributed by atoms with Crippen LogP contribution in [-0.4, -0.2) is 33.3 Å². The molecule has 1 aliphatic carbocycles. The Morgan fingerprint density at radius 3 is 2.00 bits per heavy atom. The Labute approximate surface area is 106 Å². The number of hydrogen-bond donors (Lipinski definition) is 1. The predicted octanol–water partition coefficient (Wildman–Crippen LogP) is 1.70. The van der Waals surface area contributed by atoms with Crippen molar-refractivity contribution in [2.75, 3.05) is 0 Å². The van der Waals surface area contributed by atoms with Crippen molar-refractivity contribution in [3.8, 4) is 0 Å². The van der Waals surface area contributed by atoms with Crippen molar-refractivity contribution in [3.63, 3.8) is 0 Å². The Hall–Kier alpha value is -1.39. The molecule has 1 N–H and O–H groups in total. The number of aliphatic carboxylic acids is 1. The number of carboxylic acid groups (broad SMARTS) is 1. The van der Waals surface area contributed by atoms with Gasteiger partial charge in [0.05, 0.1) is 12.0 Å². The highest BCUT2D eigenvalue weighted by molar-refractivity contribution is 5.97. The van der Waals surface area contributed by atoms with Crippen LogP contribution in [0.4, 0.5) is 0 Å². The third-order valence-corrected chi connectivity index (χ3v) is 4.02. The normalized spacial score (nSPS) is 24.1. The van der Waals surface area contributed by atoms with Crippen LogP contribution in [0.1, 0.15) is 57.8 Å². The number of rotatable bonds is 3. The molecule has 0 radical (unpaired) electrons. The molecule has 0 aromatic heterocycles. The van der Waals surface area contributed by atoms with E-state index in [-0.39, 0.29) is 18.2 Å². The lowest BCUT2D eigenvalue weighted by molar-refractivity contribution is -0.154. The van der Waals surface area contributed by atoms with Crippen LogP contribution >= 0.6 is 0 Å². The van der Waals surface area contributed by atoms with Gasteiger partial charge in [-0.3, -0.25) is 19.3 Å². The highest BCUT2D eigenvalue weighted by Gasteiger charge is 2.46. The van der Waals surface area contributed by atoms with Gasteiger partial charge in [-0.05, 0) is 25.7 Å². The van der Waals surface area contributed by atoms with E-state index in [9.17, 15) is 14.4 Å². The van der Waals surface area contributed by atoms with Crippen LogP contribution in [0.3, 0.4) is 0 Å². The van der Waals surface area contributed by atoms with Gasteiger partial charge in [-0.25, -0.2) is 0 Å². The molecule has 0 unspecified atom stereocenters. The van der Waals surface area contributed by atoms with Gasteiger partial charge >= 0.3 is 5.97 Å². The van der Waals surface area contributed by atoms with E-state index in [4.69, 9.17) is 5.11 Å². The minimum Gasteiger partial charge on any atom is -0.481 e. The minimum atomic E-state index is -0.929. The monoisotopic (exact) mass is 253 g/mol. The molecule has 1 saturated heterocycles. The van der Waals surface area contributed by atoms with E-state index in [0.717, 1.165) is 25.7 Å². The SMILES string of the molecule is O=C(O)CC1(N2C(=O)CCCCC2=O)CCCC1. The van der Waals surface area contributed by atoms with Gasteiger partial charge in [-0.1, -0.05) is 12.8 Å². The Bertz CT molecular complexity index is 353. The topological polar surface area (TPSA) is 74.7 Å². The van der Waals surface area contributed by atoms with Crippen molar-refractivity contribution in [1.82, 2.24) is 4.90 Å². The Morgan fingerprint density at radius 1 is 1.06 bits per heavy atom. The average Bonchev–Trinajstić information content (AvgIpc) is 2.65. The predicted molar refractivity (Wildman–Crippen MR) is 63.8 cm³/mol. The number of nitrogens with zero attached hydrogens (tertiary/aromatic N) is 1. The van der Waals surface area contributed by atoms with Crippen LogP contribution in [0.25, 0.3) is 0 Å². The summed E-state index contributed by atoms with van der Waals surface area (Å²) in [6, 6.07) is 0. The molecule has 2 aliphatic rings. The first-order chi connectivity index (χ1) is 8.55. The molecule has 0 aromatic rings. The third kappa shape index (κ3) is 2.40. The number of imide groups is 1. The summed E-state index contributed by atoms with van der Waals surface area (Å²) in [6.07, 6.45) is 5.14. The maximum absolute atomic E-state index is 12.1. The summed E-state index contributed by atoms with van der Waals surface area (Å²) < 4.78 is 0. The first-order valence-corrected chi connectivity index (χ1v) is 6.63. The van der Waals surface area contributed by atoms with Crippen molar-refractivity contribution in [2.45, 2.75) is 63.3 Å². The number of likely N-dealkylation sites (tertiary alicyclic amines) is 1. The van der Waals surface area contributed by atoms with E-state index in [2.05, 4.69) is 0 Å². The molecule has 100 valence electrons. The van der Waals surface area contributed by atoms with E-state index < -0.39 is 11.5 Å². The summed E-state index contributed by atoms with van der Waals surface area (Å²) in [5.41, 5.74) is -0.746. The summed E-state index contributed by atoms with van der Waals surface area (Å²) in [7, 11) is 0. The fourth-order valence-corrected chi connectivity index (χ4v) is 3.24. The molecule has 2 rings (SSSR count). The maximum atomic E-state index is 12.1. The molecule has 0 spiro atoms. The van der Waals surface area contributed by atoms with Crippen LogP contribution in [-0.2, 0) is 14.4 Å². The number of carbonyl (C=O) groups is 3. The standard InChI is InChI=1S/C13H19NO4/c15-10-5-1-2-6-11(16)14(10)13(9-12(17)18)7-3-4-8-13/h1-9H2,(H,17,18). The number of carbonyl (C=O) groups excluding carboxylic acids is 2. The van der Waals surface area contributed by atoms with Crippen molar-refractivity contribution >= 4 is 17.8 Å². The van der Waals surface area contributed by atoms with E-state index in [1.54, 1.807) is 0 Å². The number of amides is 2. The molecule has 2 amide bonds. The molecule has 5 heteroatoms. The maximum Gasteiger partial charge on any atom is 0.305 e. The smallest absolute Gasteiger partial charge is 0.305 e. The number of carboxylic acids is 1. The van der Waals surface area contributed by atoms with Crippen molar-refractivity contribution in [1.29, 1.82) is 0 Å². The second-order valence-corrected chi connectivity index (χ2v) is 5.33. The molecular formula is C13H19NO4. The molecule has 1 saturated carbocycles. The second kappa shape index (κ2) is 5.08. The third-order valence-electron chi connectivity index (χ3n) is 4.02. The lowest BCUT2D eigenvalue weighted by Gasteiger charge is -2.38. The summed E-state index contributed by atoms with van der Waals surface area (Å²) in [5.74, 6) is -1.29. The highest BCUT2D eigenvalue weighted by atomic mass is 16.4. The molecule has 0 aromatic carbocycles. The van der Waals surface area contributed by atoms with Gasteiger partial charge in [0.1, 0.15) is 0 Å². The van der Waals surface area contributed by atoms with Crippen LogP contribution in [0.15, 0.2) is 0 Å². The van der Waals surface area contributed by atoms with Gasteiger partial charge in [0.15, 0.2) is 0 Å². The van der Waals surface area contributed by atoms with Crippen LogP contribution < -0.4 is 0 Å². The summed E-state index contributed by atoms with van der Waals surface area (Å²) in [5, 5.41) is 9.06. The molecule has 2 fully saturated rings. The first-order valence-electron chi connectivity index (χ1n) is 6.63. The van der Waals surface area contributed by atoms with Crippen molar-refractivity contribution in [2.24, 2.45) is 0 Å². The lowest BCUT2D eigenvalue weighted by Crippen LogP contribution is -2.53. The molecule has 1 aliphatic heterocycles. The van der Waals surface area contributed by atoms with Crippen LogP contribution in [0, 0.1) is 0 Å². The summed E-state index contributed by atoms with van der Waals surface area (Å²) >= 11 is 0. The Balaban J connectivity index is 2.30. The fraction of sp³-hybridized carbons (Fsp3) is 0.769. The van der Waals surface area contributed by atoms with Gasteiger partial charge in [-0.2, -0.15) is 0 Å².